The van der Waals surface area contributed by atoms with E-state index in [1.165, 1.54) is 30.3 Å². The van der Waals surface area contributed by atoms with Crippen molar-refractivity contribution in [1.82, 2.24) is 0 Å². The molecule has 22 heavy (non-hydrogen) atoms. The second-order valence-corrected chi connectivity index (χ2v) is 4.32. The molecular weight excluding hydrogens is 290 g/mol. The topological polar surface area (TPSA) is 107 Å². The van der Waals surface area contributed by atoms with E-state index in [0.29, 0.717) is 0 Å². The summed E-state index contributed by atoms with van der Waals surface area (Å²) in [5, 5.41) is 19.7. The number of aromatic carboxylic acids is 1. The Morgan fingerprint density at radius 1 is 1.14 bits per heavy atom. The van der Waals surface area contributed by atoms with Crippen LogP contribution in [0.5, 0.6) is 5.75 Å². The number of nitro groups is 1. The highest BCUT2D eigenvalue weighted by Gasteiger charge is 2.14. The molecule has 0 heterocycles. The summed E-state index contributed by atoms with van der Waals surface area (Å²) < 4.78 is 5.21. The molecule has 2 aromatic rings. The molecule has 1 N–H and O–H groups in total. The molecular formula is C15H11NO6. The summed E-state index contributed by atoms with van der Waals surface area (Å²) in [7, 11) is 0. The number of carbonyl (C=O) groups excluding carboxylic acids is 1. The summed E-state index contributed by atoms with van der Waals surface area (Å²) in [4.78, 5) is 33.1. The Morgan fingerprint density at radius 3 is 2.55 bits per heavy atom. The van der Waals surface area contributed by atoms with Crippen LogP contribution in [0.2, 0.25) is 0 Å². The fourth-order valence-electron chi connectivity index (χ4n) is 1.79. The molecule has 0 saturated carbocycles. The van der Waals surface area contributed by atoms with Crippen molar-refractivity contribution in [1.29, 1.82) is 0 Å². The Hall–Kier alpha value is -3.22. The second kappa shape index (κ2) is 6.49. The molecule has 0 amide bonds. The molecule has 112 valence electrons. The van der Waals surface area contributed by atoms with E-state index in [1.807, 2.05) is 0 Å². The van der Waals surface area contributed by atoms with Gasteiger partial charge in [0.25, 0.3) is 5.69 Å². The summed E-state index contributed by atoms with van der Waals surface area (Å²) in [6.07, 6.45) is 0. The molecule has 0 aliphatic heterocycles. The van der Waals surface area contributed by atoms with Crippen LogP contribution in [0.4, 0.5) is 5.69 Å². The zero-order valence-corrected chi connectivity index (χ0v) is 11.3. The number of benzene rings is 2. The molecule has 2 rings (SSSR count). The average molecular weight is 301 g/mol. The van der Waals surface area contributed by atoms with Gasteiger partial charge in [-0.2, -0.15) is 0 Å². The predicted molar refractivity (Wildman–Crippen MR) is 76.3 cm³/mol. The Bertz CT molecular complexity index is 740. The number of hydrogen-bond donors (Lipinski definition) is 1. The second-order valence-electron chi connectivity index (χ2n) is 4.32. The number of hydrogen-bond acceptors (Lipinski definition) is 5. The van der Waals surface area contributed by atoms with Crippen LogP contribution in [0.3, 0.4) is 0 Å². The highest BCUT2D eigenvalue weighted by atomic mass is 16.6. The van der Waals surface area contributed by atoms with E-state index in [9.17, 15) is 19.7 Å². The van der Waals surface area contributed by atoms with Gasteiger partial charge < -0.3 is 9.84 Å². The van der Waals surface area contributed by atoms with E-state index in [4.69, 9.17) is 9.84 Å². The Labute approximate surface area is 124 Å². The fraction of sp³-hybridized carbons (Fsp3) is 0.0667. The van der Waals surface area contributed by atoms with Crippen molar-refractivity contribution in [2.45, 2.75) is 0 Å². The molecule has 2 aromatic carbocycles. The highest BCUT2D eigenvalue weighted by molar-refractivity contribution is 5.98. The maximum atomic E-state index is 12.0. The van der Waals surface area contributed by atoms with E-state index >= 15 is 0 Å². The average Bonchev–Trinajstić information content (AvgIpc) is 2.52. The molecule has 0 radical (unpaired) electrons. The lowest BCUT2D eigenvalue weighted by Crippen LogP contribution is -2.13. The van der Waals surface area contributed by atoms with E-state index < -0.39 is 23.3 Å². The number of carboxylic acids is 1. The first kappa shape index (κ1) is 15.2. The first-order chi connectivity index (χ1) is 10.5. The van der Waals surface area contributed by atoms with E-state index in [-0.39, 0.29) is 22.6 Å². The molecule has 0 unspecified atom stereocenters. The molecule has 0 spiro atoms. The summed E-state index contributed by atoms with van der Waals surface area (Å²) in [6, 6.07) is 11.2. The van der Waals surface area contributed by atoms with Crippen LogP contribution in [-0.4, -0.2) is 28.4 Å². The van der Waals surface area contributed by atoms with Crippen molar-refractivity contribution >= 4 is 17.4 Å². The van der Waals surface area contributed by atoms with Crippen molar-refractivity contribution in [3.63, 3.8) is 0 Å². The molecule has 0 atom stereocenters. The standard InChI is InChI=1S/C15H11NO6/c17-13(10-4-3-5-11(8-10)16(20)21)9-22-14-7-2-1-6-12(14)15(18)19/h1-8H,9H2,(H,18,19). The van der Waals surface area contributed by atoms with Gasteiger partial charge in [0.15, 0.2) is 12.4 Å². The van der Waals surface area contributed by atoms with Gasteiger partial charge in [-0.1, -0.05) is 24.3 Å². The fourth-order valence-corrected chi connectivity index (χ4v) is 1.79. The number of rotatable bonds is 6. The van der Waals surface area contributed by atoms with Crippen LogP contribution in [0.15, 0.2) is 48.5 Å². The van der Waals surface area contributed by atoms with Gasteiger partial charge in [0.1, 0.15) is 11.3 Å². The summed E-state index contributed by atoms with van der Waals surface area (Å²) >= 11 is 0. The third-order valence-corrected chi connectivity index (χ3v) is 2.86. The minimum absolute atomic E-state index is 0.0608. The van der Waals surface area contributed by atoms with Gasteiger partial charge in [-0.05, 0) is 12.1 Å². The third kappa shape index (κ3) is 3.45. The van der Waals surface area contributed by atoms with Crippen LogP contribution in [-0.2, 0) is 0 Å². The summed E-state index contributed by atoms with van der Waals surface area (Å²) in [5.74, 6) is -1.59. The smallest absolute Gasteiger partial charge is 0.339 e. The largest absolute Gasteiger partial charge is 0.485 e. The third-order valence-electron chi connectivity index (χ3n) is 2.86. The number of Topliss-reactive ketones (excluding diaryl/α,β-unsaturated/α-hetero) is 1. The van der Waals surface area contributed by atoms with E-state index in [1.54, 1.807) is 12.1 Å². The molecule has 7 heteroatoms. The lowest BCUT2D eigenvalue weighted by atomic mass is 10.1. The number of nitro benzene ring substituents is 1. The van der Waals surface area contributed by atoms with Crippen molar-refractivity contribution in [2.75, 3.05) is 6.61 Å². The molecule has 0 saturated heterocycles. The molecule has 0 aliphatic rings. The maximum absolute atomic E-state index is 12.0. The van der Waals surface area contributed by atoms with Gasteiger partial charge in [-0.25, -0.2) is 4.79 Å². The molecule has 0 aromatic heterocycles. The first-order valence-corrected chi connectivity index (χ1v) is 6.22. The van der Waals surface area contributed by atoms with Crippen LogP contribution in [0, 0.1) is 10.1 Å². The Kier molecular flexibility index (Phi) is 4.47. The number of carbonyl (C=O) groups is 2. The lowest BCUT2D eigenvalue weighted by molar-refractivity contribution is -0.384. The lowest BCUT2D eigenvalue weighted by Gasteiger charge is -2.08. The van der Waals surface area contributed by atoms with E-state index in [0.717, 1.165) is 6.07 Å². The number of ketones is 1. The number of ether oxygens (including phenoxy) is 1. The number of carboxylic acid groups (broad SMARTS) is 1. The highest BCUT2D eigenvalue weighted by Crippen LogP contribution is 2.19. The maximum Gasteiger partial charge on any atom is 0.339 e. The van der Waals surface area contributed by atoms with Crippen molar-refractivity contribution in [3.05, 3.63) is 69.8 Å². The SMILES string of the molecule is O=C(COc1ccccc1C(=O)O)c1cccc([N+](=O)[O-])c1. The Morgan fingerprint density at radius 2 is 1.86 bits per heavy atom. The predicted octanol–water partition coefficient (Wildman–Crippen LogP) is 2.55. The van der Waals surface area contributed by atoms with Gasteiger partial charge in [-0.15, -0.1) is 0 Å². The number of non-ortho nitro benzene ring substituents is 1. The molecule has 0 aliphatic carbocycles. The summed E-state index contributed by atoms with van der Waals surface area (Å²) in [6.45, 7) is -0.411. The van der Waals surface area contributed by atoms with Crippen molar-refractivity contribution in [2.24, 2.45) is 0 Å². The van der Waals surface area contributed by atoms with Gasteiger partial charge in [0, 0.05) is 17.7 Å². The Balaban J connectivity index is 2.12. The van der Waals surface area contributed by atoms with Gasteiger partial charge in [0.05, 0.1) is 4.92 Å². The molecule has 7 nitrogen and oxygen atoms in total. The quantitative estimate of drug-likeness (QED) is 0.499. The first-order valence-electron chi connectivity index (χ1n) is 6.22. The van der Waals surface area contributed by atoms with Crippen molar-refractivity contribution < 1.29 is 24.4 Å². The zero-order chi connectivity index (χ0) is 16.1. The van der Waals surface area contributed by atoms with Gasteiger partial charge in [0.2, 0.25) is 0 Å². The van der Waals surface area contributed by atoms with E-state index in [2.05, 4.69) is 0 Å². The zero-order valence-electron chi connectivity index (χ0n) is 11.3. The minimum Gasteiger partial charge on any atom is -0.485 e. The normalized spacial score (nSPS) is 10.0. The minimum atomic E-state index is -1.17. The number of para-hydroxylation sites is 1. The van der Waals surface area contributed by atoms with Crippen LogP contribution < -0.4 is 4.74 Å². The number of nitrogens with zero attached hydrogens (tertiary/aromatic N) is 1. The van der Waals surface area contributed by atoms with Gasteiger partial charge >= 0.3 is 5.97 Å². The summed E-state index contributed by atoms with van der Waals surface area (Å²) in [5.41, 5.74) is -0.131. The van der Waals surface area contributed by atoms with Crippen LogP contribution >= 0.6 is 0 Å². The molecule has 0 fully saturated rings. The van der Waals surface area contributed by atoms with Crippen LogP contribution in [0.1, 0.15) is 20.7 Å². The monoisotopic (exact) mass is 301 g/mol. The van der Waals surface area contributed by atoms with Crippen LogP contribution in [0.25, 0.3) is 0 Å². The van der Waals surface area contributed by atoms with Crippen molar-refractivity contribution in [3.8, 4) is 5.75 Å². The van der Waals surface area contributed by atoms with Gasteiger partial charge in [-0.3, -0.25) is 14.9 Å². The molecule has 0 bridgehead atoms.